The van der Waals surface area contributed by atoms with Crippen molar-refractivity contribution in [3.63, 3.8) is 0 Å². The number of likely N-dealkylation sites (tertiary alicyclic amines) is 1. The first kappa shape index (κ1) is 20.1. The summed E-state index contributed by atoms with van der Waals surface area (Å²) in [6.45, 7) is 1.30. The molecule has 150 valence electrons. The highest BCUT2D eigenvalue weighted by Gasteiger charge is 2.26. The lowest BCUT2D eigenvalue weighted by Crippen LogP contribution is -2.43. The first-order valence-electron chi connectivity index (χ1n) is 9.38. The van der Waals surface area contributed by atoms with E-state index in [1.165, 1.54) is 10.8 Å². The van der Waals surface area contributed by atoms with Crippen molar-refractivity contribution in [2.75, 3.05) is 19.6 Å². The van der Waals surface area contributed by atoms with Crippen LogP contribution < -0.4 is 5.32 Å². The van der Waals surface area contributed by atoms with Gasteiger partial charge in [0.05, 0.1) is 31.8 Å². The molecule has 1 N–H and O–H groups in total. The normalized spacial score (nSPS) is 14.9. The fourth-order valence-corrected chi connectivity index (χ4v) is 4.88. The minimum absolute atomic E-state index is 0.0368. The van der Waals surface area contributed by atoms with Crippen molar-refractivity contribution in [2.24, 2.45) is 0 Å². The Kier molecular flexibility index (Phi) is 6.04. The van der Waals surface area contributed by atoms with Crippen molar-refractivity contribution in [3.8, 4) is 0 Å². The van der Waals surface area contributed by atoms with Gasteiger partial charge in [0.15, 0.2) is 0 Å². The standard InChI is InChI=1S/C21H19Cl2N3O2S/c22-15-6-5-14(11-16(15)23)20(28)24-12-19(27)26-9-7-13(8-10-26)21-25-17-3-1-2-4-18(17)29-21/h1-6,11,13H,7-10,12H2,(H,24,28). The van der Waals surface area contributed by atoms with E-state index < -0.39 is 0 Å². The lowest BCUT2D eigenvalue weighted by atomic mass is 9.97. The Morgan fingerprint density at radius 1 is 1.10 bits per heavy atom. The highest BCUT2D eigenvalue weighted by molar-refractivity contribution is 7.18. The number of nitrogens with one attached hydrogen (secondary N) is 1. The summed E-state index contributed by atoms with van der Waals surface area (Å²) in [6.07, 6.45) is 1.76. The maximum atomic E-state index is 12.5. The van der Waals surface area contributed by atoms with Crippen LogP contribution in [-0.4, -0.2) is 41.3 Å². The molecule has 5 nitrogen and oxygen atoms in total. The van der Waals surface area contributed by atoms with Gasteiger partial charge in [-0.2, -0.15) is 0 Å². The molecule has 1 aliphatic heterocycles. The predicted molar refractivity (Wildman–Crippen MR) is 117 cm³/mol. The van der Waals surface area contributed by atoms with Crippen LogP contribution in [0.15, 0.2) is 42.5 Å². The minimum Gasteiger partial charge on any atom is -0.343 e. The minimum atomic E-state index is -0.346. The molecule has 0 spiro atoms. The van der Waals surface area contributed by atoms with Crippen molar-refractivity contribution in [3.05, 3.63) is 63.1 Å². The summed E-state index contributed by atoms with van der Waals surface area (Å²) in [5, 5.41) is 4.50. The van der Waals surface area contributed by atoms with Gasteiger partial charge in [0.2, 0.25) is 5.91 Å². The van der Waals surface area contributed by atoms with Crippen molar-refractivity contribution >= 4 is 56.6 Å². The third kappa shape index (κ3) is 4.55. The van der Waals surface area contributed by atoms with E-state index >= 15 is 0 Å². The highest BCUT2D eigenvalue weighted by atomic mass is 35.5. The Morgan fingerprint density at radius 3 is 2.59 bits per heavy atom. The molecule has 8 heteroatoms. The summed E-state index contributed by atoms with van der Waals surface area (Å²) in [4.78, 5) is 31.3. The average Bonchev–Trinajstić information content (AvgIpc) is 3.18. The zero-order valence-corrected chi connectivity index (χ0v) is 17.9. The maximum Gasteiger partial charge on any atom is 0.251 e. The van der Waals surface area contributed by atoms with Crippen LogP contribution in [0.5, 0.6) is 0 Å². The number of hydrogen-bond acceptors (Lipinski definition) is 4. The van der Waals surface area contributed by atoms with E-state index in [0.717, 1.165) is 23.4 Å². The van der Waals surface area contributed by atoms with Gasteiger partial charge in [-0.05, 0) is 43.2 Å². The second-order valence-electron chi connectivity index (χ2n) is 6.99. The number of fused-ring (bicyclic) bond motifs is 1. The van der Waals surface area contributed by atoms with E-state index in [9.17, 15) is 9.59 Å². The third-order valence-corrected chi connectivity index (χ3v) is 7.03. The fraction of sp³-hybridized carbons (Fsp3) is 0.286. The van der Waals surface area contributed by atoms with Gasteiger partial charge in [0, 0.05) is 24.6 Å². The van der Waals surface area contributed by atoms with Crippen molar-refractivity contribution in [1.82, 2.24) is 15.2 Å². The topological polar surface area (TPSA) is 62.3 Å². The molecule has 0 atom stereocenters. The van der Waals surface area contributed by atoms with Gasteiger partial charge in [0.25, 0.3) is 5.91 Å². The van der Waals surface area contributed by atoms with E-state index in [-0.39, 0.29) is 18.4 Å². The number of hydrogen-bond donors (Lipinski definition) is 1. The number of carbonyl (C=O) groups excluding carboxylic acids is 2. The van der Waals surface area contributed by atoms with Gasteiger partial charge in [-0.3, -0.25) is 9.59 Å². The van der Waals surface area contributed by atoms with Crippen molar-refractivity contribution in [1.29, 1.82) is 0 Å². The molecule has 2 amide bonds. The van der Waals surface area contributed by atoms with Crippen LogP contribution in [0.2, 0.25) is 10.0 Å². The van der Waals surface area contributed by atoms with Gasteiger partial charge in [-0.25, -0.2) is 4.98 Å². The first-order valence-corrected chi connectivity index (χ1v) is 10.9. The molecule has 4 rings (SSSR count). The zero-order chi connectivity index (χ0) is 20.4. The first-order chi connectivity index (χ1) is 14.0. The van der Waals surface area contributed by atoms with Crippen LogP contribution in [0, 0.1) is 0 Å². The summed E-state index contributed by atoms with van der Waals surface area (Å²) >= 11 is 13.5. The Labute approximate surface area is 182 Å². The van der Waals surface area contributed by atoms with Gasteiger partial charge in [-0.15, -0.1) is 11.3 Å². The molecule has 2 aromatic carbocycles. The molecule has 0 unspecified atom stereocenters. The Bertz CT molecular complexity index is 1030. The van der Waals surface area contributed by atoms with E-state index in [4.69, 9.17) is 28.2 Å². The smallest absolute Gasteiger partial charge is 0.251 e. The largest absolute Gasteiger partial charge is 0.343 e. The van der Waals surface area contributed by atoms with E-state index in [1.54, 1.807) is 28.4 Å². The summed E-state index contributed by atoms with van der Waals surface area (Å²) in [5.41, 5.74) is 1.41. The maximum absolute atomic E-state index is 12.5. The van der Waals surface area contributed by atoms with Crippen LogP contribution >= 0.6 is 34.5 Å². The van der Waals surface area contributed by atoms with Gasteiger partial charge in [-0.1, -0.05) is 35.3 Å². The number of halogens is 2. The molecule has 3 aromatic rings. The number of para-hydroxylation sites is 1. The third-order valence-electron chi connectivity index (χ3n) is 5.09. The molecule has 1 saturated heterocycles. The van der Waals surface area contributed by atoms with Crippen molar-refractivity contribution < 1.29 is 9.59 Å². The lowest BCUT2D eigenvalue weighted by Gasteiger charge is -2.31. The summed E-state index contributed by atoms with van der Waals surface area (Å²) in [7, 11) is 0. The Balaban J connectivity index is 1.29. The fourth-order valence-electron chi connectivity index (χ4n) is 3.45. The number of carbonyl (C=O) groups is 2. The summed E-state index contributed by atoms with van der Waals surface area (Å²) < 4.78 is 1.20. The zero-order valence-electron chi connectivity index (χ0n) is 15.5. The number of piperidine rings is 1. The Morgan fingerprint density at radius 2 is 1.86 bits per heavy atom. The molecule has 2 heterocycles. The summed E-state index contributed by atoms with van der Waals surface area (Å²) in [5.74, 6) is -0.0512. The molecule has 1 aliphatic rings. The van der Waals surface area contributed by atoms with Gasteiger partial charge >= 0.3 is 0 Å². The molecule has 0 radical (unpaired) electrons. The molecule has 0 aliphatic carbocycles. The molecule has 0 bridgehead atoms. The van der Waals surface area contributed by atoms with E-state index in [2.05, 4.69) is 11.4 Å². The van der Waals surface area contributed by atoms with Crippen LogP contribution in [0.3, 0.4) is 0 Å². The SMILES string of the molecule is O=C(NCC(=O)N1CCC(c2nc3ccccc3s2)CC1)c1ccc(Cl)c(Cl)c1. The lowest BCUT2D eigenvalue weighted by molar-refractivity contribution is -0.131. The van der Waals surface area contributed by atoms with Crippen LogP contribution in [0.1, 0.15) is 34.1 Å². The molecule has 29 heavy (non-hydrogen) atoms. The second-order valence-corrected chi connectivity index (χ2v) is 8.86. The van der Waals surface area contributed by atoms with Crippen LogP contribution in [0.4, 0.5) is 0 Å². The highest BCUT2D eigenvalue weighted by Crippen LogP contribution is 2.33. The quantitative estimate of drug-likeness (QED) is 0.627. The van der Waals surface area contributed by atoms with Crippen LogP contribution in [0.25, 0.3) is 10.2 Å². The molecule has 1 aromatic heterocycles. The monoisotopic (exact) mass is 447 g/mol. The number of thiazole rings is 1. The van der Waals surface area contributed by atoms with Crippen LogP contribution in [-0.2, 0) is 4.79 Å². The number of benzene rings is 2. The van der Waals surface area contributed by atoms with Gasteiger partial charge < -0.3 is 10.2 Å². The molecular formula is C21H19Cl2N3O2S. The number of rotatable bonds is 4. The van der Waals surface area contributed by atoms with E-state index in [1.807, 2.05) is 18.2 Å². The average molecular weight is 448 g/mol. The molecule has 1 fully saturated rings. The van der Waals surface area contributed by atoms with Crippen molar-refractivity contribution in [2.45, 2.75) is 18.8 Å². The number of aromatic nitrogens is 1. The van der Waals surface area contributed by atoms with E-state index in [0.29, 0.717) is 34.6 Å². The molecular weight excluding hydrogens is 429 g/mol. The van der Waals surface area contributed by atoms with Gasteiger partial charge in [0.1, 0.15) is 0 Å². The Hall–Kier alpha value is -2.15. The second kappa shape index (κ2) is 8.69. The number of amides is 2. The number of nitrogens with zero attached hydrogens (tertiary/aromatic N) is 2. The molecule has 0 saturated carbocycles. The summed E-state index contributed by atoms with van der Waals surface area (Å²) in [6, 6.07) is 12.8. The predicted octanol–water partition coefficient (Wildman–Crippen LogP) is 4.74.